The highest BCUT2D eigenvalue weighted by atomic mass is 16.3. The summed E-state index contributed by atoms with van der Waals surface area (Å²) >= 11 is 0. The van der Waals surface area contributed by atoms with Crippen LogP contribution >= 0.6 is 0 Å². The molecule has 1 aromatic carbocycles. The minimum absolute atomic E-state index is 0.314. The Labute approximate surface area is 126 Å². The van der Waals surface area contributed by atoms with Crippen molar-refractivity contribution >= 4 is 22.5 Å². The Balaban J connectivity index is 2.00. The second-order valence-corrected chi connectivity index (χ2v) is 5.37. The number of aryl methyl sites for hydroxylation is 2. The lowest BCUT2D eigenvalue weighted by Gasteiger charge is -1.99. The van der Waals surface area contributed by atoms with E-state index in [0.717, 1.165) is 22.2 Å². The summed E-state index contributed by atoms with van der Waals surface area (Å²) in [6.45, 7) is 1.97. The van der Waals surface area contributed by atoms with Crippen molar-refractivity contribution in [1.82, 2.24) is 18.9 Å². The van der Waals surface area contributed by atoms with Crippen molar-refractivity contribution in [2.75, 3.05) is 0 Å². The van der Waals surface area contributed by atoms with Crippen molar-refractivity contribution in [2.24, 2.45) is 12.2 Å². The van der Waals surface area contributed by atoms with Crippen molar-refractivity contribution in [3.8, 4) is 11.3 Å². The fraction of sp³-hybridized carbons (Fsp3) is 0.125. The number of benzene rings is 1. The molecule has 0 amide bonds. The fourth-order valence-electron chi connectivity index (χ4n) is 2.70. The first kappa shape index (κ1) is 12.7. The van der Waals surface area contributed by atoms with Crippen LogP contribution in [0.3, 0.4) is 0 Å². The highest BCUT2D eigenvalue weighted by Gasteiger charge is 2.15. The third-order valence-corrected chi connectivity index (χ3v) is 3.83. The molecule has 0 bridgehead atoms. The van der Waals surface area contributed by atoms with E-state index in [4.69, 9.17) is 0 Å². The summed E-state index contributed by atoms with van der Waals surface area (Å²) in [7, 11) is 1.95. The monoisotopic (exact) mass is 291 g/mol. The molecule has 0 aliphatic heterocycles. The summed E-state index contributed by atoms with van der Waals surface area (Å²) < 4.78 is 3.67. The van der Waals surface area contributed by atoms with Gasteiger partial charge in [-0.1, -0.05) is 12.1 Å². The molecule has 0 aliphatic rings. The van der Waals surface area contributed by atoms with Crippen LogP contribution in [0.25, 0.3) is 27.9 Å². The maximum absolute atomic E-state index is 11.3. The van der Waals surface area contributed by atoms with E-state index in [0.29, 0.717) is 17.2 Å². The number of rotatable bonds is 2. The number of hydrogen-bond acceptors (Lipinski definition) is 4. The van der Waals surface area contributed by atoms with Gasteiger partial charge in [0.1, 0.15) is 11.3 Å². The Hall–Kier alpha value is -3.02. The average molecular weight is 291 g/mol. The highest BCUT2D eigenvalue weighted by Crippen LogP contribution is 2.32. The number of imidazole rings is 2. The van der Waals surface area contributed by atoms with Gasteiger partial charge in [-0.2, -0.15) is 0 Å². The zero-order chi connectivity index (χ0) is 15.3. The van der Waals surface area contributed by atoms with Crippen LogP contribution in [0.2, 0.25) is 0 Å². The molecule has 0 fully saturated rings. The topological polar surface area (TPSA) is 64.5 Å². The first-order chi connectivity index (χ1) is 10.7. The molecule has 4 aromatic rings. The molecule has 108 valence electrons. The van der Waals surface area contributed by atoms with E-state index < -0.39 is 0 Å². The fourth-order valence-corrected chi connectivity index (χ4v) is 2.70. The largest absolute Gasteiger partial charge is 0.334 e. The van der Waals surface area contributed by atoms with Crippen molar-refractivity contribution < 1.29 is 0 Å². The van der Waals surface area contributed by atoms with Crippen LogP contribution in [-0.2, 0) is 7.05 Å². The van der Waals surface area contributed by atoms with E-state index in [-0.39, 0.29) is 0 Å². The van der Waals surface area contributed by atoms with Gasteiger partial charge in [-0.15, -0.1) is 4.91 Å². The van der Waals surface area contributed by atoms with Crippen molar-refractivity contribution in [3.63, 3.8) is 0 Å². The van der Waals surface area contributed by atoms with Gasteiger partial charge in [0.15, 0.2) is 0 Å². The Morgan fingerprint density at radius 1 is 1.18 bits per heavy atom. The molecule has 0 unspecified atom stereocenters. The zero-order valence-corrected chi connectivity index (χ0v) is 12.2. The van der Waals surface area contributed by atoms with Gasteiger partial charge in [0, 0.05) is 18.8 Å². The summed E-state index contributed by atoms with van der Waals surface area (Å²) in [6, 6.07) is 9.68. The maximum atomic E-state index is 11.3. The molecule has 0 spiro atoms. The smallest absolute Gasteiger partial charge is 0.209 e. The van der Waals surface area contributed by atoms with Gasteiger partial charge < -0.3 is 4.57 Å². The Morgan fingerprint density at radius 2 is 2.05 bits per heavy atom. The van der Waals surface area contributed by atoms with Crippen LogP contribution in [0.5, 0.6) is 0 Å². The molecule has 6 heteroatoms. The maximum Gasteiger partial charge on any atom is 0.209 e. The molecule has 0 saturated heterocycles. The molecule has 4 rings (SSSR count). The third-order valence-electron chi connectivity index (χ3n) is 3.83. The normalized spacial score (nSPS) is 11.4. The molecule has 3 aromatic heterocycles. The van der Waals surface area contributed by atoms with E-state index in [9.17, 15) is 4.91 Å². The molecule has 0 N–H and O–H groups in total. The van der Waals surface area contributed by atoms with Crippen LogP contribution in [0.15, 0.2) is 48.0 Å². The van der Waals surface area contributed by atoms with Gasteiger partial charge in [0.05, 0.1) is 17.4 Å². The number of fused-ring (bicyclic) bond motifs is 2. The van der Waals surface area contributed by atoms with E-state index >= 15 is 0 Å². The SMILES string of the molecule is Cc1ccc2nc(-c3ccc4c(c3)ncn4C)c(N=O)n2c1. The first-order valence-corrected chi connectivity index (χ1v) is 6.91. The van der Waals surface area contributed by atoms with Crippen molar-refractivity contribution in [1.29, 1.82) is 0 Å². The van der Waals surface area contributed by atoms with Crippen LogP contribution in [0.1, 0.15) is 5.56 Å². The van der Waals surface area contributed by atoms with Gasteiger partial charge in [-0.25, -0.2) is 9.97 Å². The quantitative estimate of drug-likeness (QED) is 0.530. The average Bonchev–Trinajstić information content (AvgIpc) is 3.07. The molecule has 6 nitrogen and oxygen atoms in total. The summed E-state index contributed by atoms with van der Waals surface area (Å²) in [6.07, 6.45) is 3.63. The summed E-state index contributed by atoms with van der Waals surface area (Å²) in [4.78, 5) is 20.2. The summed E-state index contributed by atoms with van der Waals surface area (Å²) in [5.41, 5.74) is 5.06. The summed E-state index contributed by atoms with van der Waals surface area (Å²) in [5.74, 6) is 0.314. The van der Waals surface area contributed by atoms with Gasteiger partial charge >= 0.3 is 0 Å². The zero-order valence-electron chi connectivity index (χ0n) is 12.2. The lowest BCUT2D eigenvalue weighted by atomic mass is 10.1. The van der Waals surface area contributed by atoms with Crippen LogP contribution in [0.4, 0.5) is 5.82 Å². The van der Waals surface area contributed by atoms with Crippen LogP contribution in [-0.4, -0.2) is 18.9 Å². The molecule has 22 heavy (non-hydrogen) atoms. The molecule has 3 heterocycles. The van der Waals surface area contributed by atoms with E-state index in [1.165, 1.54) is 0 Å². The Bertz CT molecular complexity index is 1030. The molecular formula is C16H13N5O. The number of nitroso groups, excluding NO2 is 1. The molecular weight excluding hydrogens is 278 g/mol. The summed E-state index contributed by atoms with van der Waals surface area (Å²) in [5, 5.41) is 3.19. The standard InChI is InChI=1S/C16H13N5O/c1-10-3-6-14-18-15(16(19-22)21(14)8-10)11-4-5-13-12(7-11)17-9-20(13)2/h3-9H,1-2H3. The van der Waals surface area contributed by atoms with Crippen molar-refractivity contribution in [2.45, 2.75) is 6.92 Å². The van der Waals surface area contributed by atoms with Gasteiger partial charge in [0.2, 0.25) is 5.82 Å². The molecule has 0 aliphatic carbocycles. The molecule has 0 atom stereocenters. The lowest BCUT2D eigenvalue weighted by Crippen LogP contribution is -1.85. The first-order valence-electron chi connectivity index (χ1n) is 6.91. The minimum Gasteiger partial charge on any atom is -0.334 e. The predicted octanol–water partition coefficient (Wildman–Crippen LogP) is 3.59. The lowest BCUT2D eigenvalue weighted by molar-refractivity contribution is 0.948. The van der Waals surface area contributed by atoms with E-state index in [1.807, 2.05) is 55.1 Å². The van der Waals surface area contributed by atoms with E-state index in [1.54, 1.807) is 10.7 Å². The van der Waals surface area contributed by atoms with Gasteiger partial charge in [0.25, 0.3) is 0 Å². The Morgan fingerprint density at radius 3 is 2.86 bits per heavy atom. The predicted molar refractivity (Wildman–Crippen MR) is 85.1 cm³/mol. The van der Waals surface area contributed by atoms with Crippen LogP contribution in [0, 0.1) is 11.8 Å². The second-order valence-electron chi connectivity index (χ2n) is 5.37. The van der Waals surface area contributed by atoms with Gasteiger partial charge in [-0.3, -0.25) is 4.40 Å². The molecule has 0 saturated carbocycles. The van der Waals surface area contributed by atoms with E-state index in [2.05, 4.69) is 15.1 Å². The van der Waals surface area contributed by atoms with Gasteiger partial charge in [-0.05, 0) is 35.9 Å². The number of pyridine rings is 1. The molecule has 0 radical (unpaired) electrons. The number of aromatic nitrogens is 4. The second kappa shape index (κ2) is 4.49. The number of nitrogens with zero attached hydrogens (tertiary/aromatic N) is 5. The Kier molecular flexibility index (Phi) is 2.59. The third kappa shape index (κ3) is 1.74. The minimum atomic E-state index is 0.314. The highest BCUT2D eigenvalue weighted by molar-refractivity contribution is 5.84. The van der Waals surface area contributed by atoms with Crippen LogP contribution < -0.4 is 0 Å². The number of hydrogen-bond donors (Lipinski definition) is 0. The van der Waals surface area contributed by atoms with Crippen molar-refractivity contribution in [3.05, 3.63) is 53.3 Å².